The first-order chi connectivity index (χ1) is 11.4. The molecule has 126 valence electrons. The molecule has 2 aromatic carbocycles. The van der Waals surface area contributed by atoms with Crippen LogP contribution in [0.15, 0.2) is 40.9 Å². The molecule has 2 amide bonds. The summed E-state index contributed by atoms with van der Waals surface area (Å²) in [4.78, 5) is 23.8. The lowest BCUT2D eigenvalue weighted by atomic mass is 10.1. The Bertz CT molecular complexity index is 780. The highest BCUT2D eigenvalue weighted by molar-refractivity contribution is 9.10. The Kier molecular flexibility index (Phi) is 6.23. The van der Waals surface area contributed by atoms with Crippen LogP contribution in [0.25, 0.3) is 0 Å². The van der Waals surface area contributed by atoms with E-state index in [4.69, 9.17) is 16.3 Å². The number of carbonyl (C=O) groups is 2. The van der Waals surface area contributed by atoms with Crippen LogP contribution in [0, 0.1) is 13.8 Å². The third-order valence-corrected chi connectivity index (χ3v) is 3.98. The van der Waals surface area contributed by atoms with Crippen molar-refractivity contribution in [2.24, 2.45) is 0 Å². The van der Waals surface area contributed by atoms with E-state index in [2.05, 4.69) is 26.8 Å². The average Bonchev–Trinajstić information content (AvgIpc) is 2.51. The number of nitrogens with one attached hydrogen (secondary N) is 2. The maximum absolute atomic E-state index is 12.1. The molecular weight excluding hydrogens is 396 g/mol. The number of benzene rings is 2. The van der Waals surface area contributed by atoms with Crippen LogP contribution in [0.5, 0.6) is 5.75 Å². The second-order valence-electron chi connectivity index (χ2n) is 5.18. The molecule has 0 radical (unpaired) electrons. The van der Waals surface area contributed by atoms with Crippen molar-refractivity contribution < 1.29 is 14.3 Å². The van der Waals surface area contributed by atoms with Crippen LogP contribution in [0.2, 0.25) is 5.02 Å². The minimum Gasteiger partial charge on any atom is -0.482 e. The van der Waals surface area contributed by atoms with Crippen LogP contribution >= 0.6 is 27.5 Å². The maximum Gasteiger partial charge on any atom is 0.276 e. The maximum atomic E-state index is 12.1. The van der Waals surface area contributed by atoms with E-state index < -0.39 is 5.91 Å². The first-order valence-electron chi connectivity index (χ1n) is 7.11. The predicted octanol–water partition coefficient (Wildman–Crippen LogP) is 3.56. The summed E-state index contributed by atoms with van der Waals surface area (Å²) in [6.07, 6.45) is 0. The van der Waals surface area contributed by atoms with Crippen molar-refractivity contribution in [3.05, 3.63) is 62.6 Å². The van der Waals surface area contributed by atoms with Gasteiger partial charge in [-0.15, -0.1) is 0 Å². The molecule has 2 N–H and O–H groups in total. The lowest BCUT2D eigenvalue weighted by Crippen LogP contribution is -2.44. The molecule has 0 atom stereocenters. The van der Waals surface area contributed by atoms with Crippen molar-refractivity contribution in [2.45, 2.75) is 13.8 Å². The second kappa shape index (κ2) is 8.17. The van der Waals surface area contributed by atoms with Crippen LogP contribution in [-0.2, 0) is 4.79 Å². The molecule has 0 spiro atoms. The van der Waals surface area contributed by atoms with Gasteiger partial charge in [0.05, 0.1) is 5.02 Å². The number of carbonyl (C=O) groups excluding carboxylic acids is 2. The summed E-state index contributed by atoms with van der Waals surface area (Å²) in [6.45, 7) is 3.51. The largest absolute Gasteiger partial charge is 0.482 e. The lowest BCUT2D eigenvalue weighted by molar-refractivity contribution is -0.123. The fraction of sp³-hybridized carbons (Fsp3) is 0.176. The van der Waals surface area contributed by atoms with Gasteiger partial charge in [0, 0.05) is 10.0 Å². The highest BCUT2D eigenvalue weighted by Crippen LogP contribution is 2.27. The van der Waals surface area contributed by atoms with Crippen LogP contribution in [-0.4, -0.2) is 18.4 Å². The van der Waals surface area contributed by atoms with Gasteiger partial charge in [0.25, 0.3) is 11.8 Å². The fourth-order valence-corrected chi connectivity index (χ4v) is 2.76. The molecule has 0 aliphatic heterocycles. The molecule has 5 nitrogen and oxygen atoms in total. The highest BCUT2D eigenvalue weighted by atomic mass is 79.9. The Hall–Kier alpha value is -2.05. The molecule has 2 rings (SSSR count). The number of hydrazine groups is 1. The van der Waals surface area contributed by atoms with Crippen molar-refractivity contribution in [2.75, 3.05) is 6.61 Å². The summed E-state index contributed by atoms with van der Waals surface area (Å²) in [7, 11) is 0. The SMILES string of the molecule is Cc1ccc(C(=O)NNC(=O)COc2ccc(Br)cc2Cl)c(C)c1. The van der Waals surface area contributed by atoms with E-state index in [9.17, 15) is 9.59 Å². The van der Waals surface area contributed by atoms with Crippen molar-refractivity contribution in [3.63, 3.8) is 0 Å². The van der Waals surface area contributed by atoms with E-state index in [1.807, 2.05) is 26.0 Å². The Labute approximate surface area is 153 Å². The quantitative estimate of drug-likeness (QED) is 0.756. The third-order valence-electron chi connectivity index (χ3n) is 3.19. The first kappa shape index (κ1) is 18.3. The van der Waals surface area contributed by atoms with Crippen molar-refractivity contribution in [3.8, 4) is 5.75 Å². The van der Waals surface area contributed by atoms with E-state index in [1.54, 1.807) is 24.3 Å². The molecule has 0 fully saturated rings. The van der Waals surface area contributed by atoms with Crippen molar-refractivity contribution >= 4 is 39.3 Å². The zero-order valence-corrected chi connectivity index (χ0v) is 15.5. The molecule has 0 unspecified atom stereocenters. The van der Waals surface area contributed by atoms with Gasteiger partial charge >= 0.3 is 0 Å². The normalized spacial score (nSPS) is 10.2. The number of amides is 2. The summed E-state index contributed by atoms with van der Waals surface area (Å²) in [5, 5.41) is 0.386. The Morgan fingerprint density at radius 1 is 1.12 bits per heavy atom. The van der Waals surface area contributed by atoms with E-state index in [0.717, 1.165) is 15.6 Å². The lowest BCUT2D eigenvalue weighted by Gasteiger charge is -2.11. The van der Waals surface area contributed by atoms with Crippen LogP contribution in [0.3, 0.4) is 0 Å². The van der Waals surface area contributed by atoms with Gasteiger partial charge < -0.3 is 4.74 Å². The van der Waals surface area contributed by atoms with Gasteiger partial charge in [-0.1, -0.05) is 45.2 Å². The predicted molar refractivity (Wildman–Crippen MR) is 96.2 cm³/mol. The molecule has 0 aliphatic carbocycles. The molecule has 2 aromatic rings. The molecule has 0 aliphatic rings. The Balaban J connectivity index is 1.85. The van der Waals surface area contributed by atoms with Gasteiger partial charge in [-0.3, -0.25) is 20.4 Å². The minimum absolute atomic E-state index is 0.269. The monoisotopic (exact) mass is 410 g/mol. The van der Waals surface area contributed by atoms with Crippen LogP contribution in [0.4, 0.5) is 0 Å². The molecule has 0 saturated heterocycles. The second-order valence-corrected chi connectivity index (χ2v) is 6.51. The topological polar surface area (TPSA) is 67.4 Å². The van der Waals surface area contributed by atoms with Gasteiger partial charge in [0.1, 0.15) is 5.75 Å². The summed E-state index contributed by atoms with van der Waals surface area (Å²) < 4.78 is 6.13. The zero-order valence-electron chi connectivity index (χ0n) is 13.2. The summed E-state index contributed by atoms with van der Waals surface area (Å²) in [5.41, 5.74) is 7.06. The summed E-state index contributed by atoms with van der Waals surface area (Å²) in [6, 6.07) is 10.5. The van der Waals surface area contributed by atoms with Gasteiger partial charge in [-0.25, -0.2) is 0 Å². The van der Waals surface area contributed by atoms with Crippen LogP contribution < -0.4 is 15.6 Å². The molecule has 0 aromatic heterocycles. The van der Waals surface area contributed by atoms with Crippen molar-refractivity contribution in [1.82, 2.24) is 10.9 Å². The molecule has 24 heavy (non-hydrogen) atoms. The number of halogens is 2. The molecule has 0 bridgehead atoms. The van der Waals surface area contributed by atoms with Crippen molar-refractivity contribution in [1.29, 1.82) is 0 Å². The van der Waals surface area contributed by atoms with E-state index in [1.165, 1.54) is 0 Å². The third kappa shape index (κ3) is 4.97. The van der Waals surface area contributed by atoms with Gasteiger partial charge in [-0.05, 0) is 43.7 Å². The first-order valence-corrected chi connectivity index (χ1v) is 8.28. The average molecular weight is 412 g/mol. The molecule has 0 heterocycles. The van der Waals surface area contributed by atoms with Gasteiger partial charge in [0.15, 0.2) is 6.61 Å². The Morgan fingerprint density at radius 3 is 2.54 bits per heavy atom. The molecule has 0 saturated carbocycles. The smallest absolute Gasteiger partial charge is 0.276 e. The van der Waals surface area contributed by atoms with E-state index >= 15 is 0 Å². The number of hydrogen-bond acceptors (Lipinski definition) is 3. The number of ether oxygens (including phenoxy) is 1. The fourth-order valence-electron chi connectivity index (χ4n) is 2.03. The van der Waals surface area contributed by atoms with Gasteiger partial charge in [0.2, 0.25) is 0 Å². The Morgan fingerprint density at radius 2 is 1.88 bits per heavy atom. The van der Waals surface area contributed by atoms with E-state index in [-0.39, 0.29) is 12.5 Å². The highest BCUT2D eigenvalue weighted by Gasteiger charge is 2.11. The molecular formula is C17H16BrClN2O3. The summed E-state index contributed by atoms with van der Waals surface area (Å²) in [5.74, 6) is -0.495. The number of hydrogen-bond donors (Lipinski definition) is 2. The summed E-state index contributed by atoms with van der Waals surface area (Å²) >= 11 is 9.28. The van der Waals surface area contributed by atoms with Crippen LogP contribution in [0.1, 0.15) is 21.5 Å². The number of aryl methyl sites for hydroxylation is 2. The zero-order chi connectivity index (χ0) is 17.7. The minimum atomic E-state index is -0.493. The standard InChI is InChI=1S/C17H16BrClN2O3/c1-10-3-5-13(11(2)7-10)17(23)21-20-16(22)9-24-15-6-4-12(18)8-14(15)19/h3-8H,9H2,1-2H3,(H,20,22)(H,21,23). The van der Waals surface area contributed by atoms with E-state index in [0.29, 0.717) is 16.3 Å². The number of rotatable bonds is 4. The molecule has 7 heteroatoms. The van der Waals surface area contributed by atoms with Gasteiger partial charge in [-0.2, -0.15) is 0 Å².